The number of benzene rings is 2. The van der Waals surface area contributed by atoms with E-state index in [0.717, 1.165) is 11.1 Å². The molecule has 2 aromatic rings. The first-order valence-corrected chi connectivity index (χ1v) is 6.50. The molecule has 0 saturated carbocycles. The molecule has 2 rings (SSSR count). The molecular weight excluding hydrogens is 279 g/mol. The van der Waals surface area contributed by atoms with Crippen LogP contribution in [0.15, 0.2) is 36.4 Å². The van der Waals surface area contributed by atoms with Gasteiger partial charge in [0, 0.05) is 10.6 Å². The summed E-state index contributed by atoms with van der Waals surface area (Å²) in [6.07, 6.45) is 0. The molecule has 0 spiro atoms. The summed E-state index contributed by atoms with van der Waals surface area (Å²) in [6, 6.07) is 9.96. The average molecular weight is 295 g/mol. The van der Waals surface area contributed by atoms with Crippen LogP contribution in [-0.2, 0) is 0 Å². The maximum atomic E-state index is 14.3. The summed E-state index contributed by atoms with van der Waals surface area (Å²) < 4.78 is 19.3. The van der Waals surface area contributed by atoms with Gasteiger partial charge in [-0.2, -0.15) is 0 Å². The number of hydrazine groups is 1. The van der Waals surface area contributed by atoms with Gasteiger partial charge in [-0.25, -0.2) is 9.82 Å². The molecule has 106 valence electrons. The summed E-state index contributed by atoms with van der Waals surface area (Å²) in [6.45, 7) is 1.92. The highest BCUT2D eigenvalue weighted by Crippen LogP contribution is 2.30. The van der Waals surface area contributed by atoms with Crippen LogP contribution in [0.25, 0.3) is 0 Å². The molecule has 3 N–H and O–H groups in total. The molecule has 0 heterocycles. The van der Waals surface area contributed by atoms with Gasteiger partial charge in [0.25, 0.3) is 0 Å². The molecular formula is C15H16ClFN2O. The van der Waals surface area contributed by atoms with Crippen molar-refractivity contribution in [2.45, 2.75) is 13.0 Å². The third-order valence-electron chi connectivity index (χ3n) is 3.09. The Morgan fingerprint density at radius 2 is 2.05 bits per heavy atom. The molecule has 0 aliphatic rings. The largest absolute Gasteiger partial charge is 0.494 e. The van der Waals surface area contributed by atoms with Crippen molar-refractivity contribution in [1.82, 2.24) is 5.43 Å². The predicted molar refractivity (Wildman–Crippen MR) is 78.3 cm³/mol. The first-order chi connectivity index (χ1) is 9.56. The Kier molecular flexibility index (Phi) is 4.60. The van der Waals surface area contributed by atoms with Crippen molar-refractivity contribution in [3.63, 3.8) is 0 Å². The molecule has 0 aliphatic heterocycles. The molecule has 0 saturated heterocycles. The summed E-state index contributed by atoms with van der Waals surface area (Å²) in [5.41, 5.74) is 4.82. The molecule has 0 radical (unpaired) electrons. The van der Waals surface area contributed by atoms with Crippen LogP contribution in [0.3, 0.4) is 0 Å². The van der Waals surface area contributed by atoms with Crippen molar-refractivity contribution in [2.24, 2.45) is 5.84 Å². The van der Waals surface area contributed by atoms with Crippen molar-refractivity contribution in [2.75, 3.05) is 7.11 Å². The van der Waals surface area contributed by atoms with Gasteiger partial charge in [0.2, 0.25) is 0 Å². The zero-order valence-electron chi connectivity index (χ0n) is 11.3. The van der Waals surface area contributed by atoms with E-state index in [1.165, 1.54) is 7.11 Å². The van der Waals surface area contributed by atoms with Gasteiger partial charge in [0.05, 0.1) is 13.2 Å². The van der Waals surface area contributed by atoms with Gasteiger partial charge in [-0.05, 0) is 36.2 Å². The monoisotopic (exact) mass is 294 g/mol. The second kappa shape index (κ2) is 6.22. The number of nitrogens with one attached hydrogen (secondary N) is 1. The molecule has 0 bridgehead atoms. The van der Waals surface area contributed by atoms with E-state index in [2.05, 4.69) is 5.43 Å². The van der Waals surface area contributed by atoms with Crippen molar-refractivity contribution >= 4 is 11.6 Å². The predicted octanol–water partition coefficient (Wildman–Crippen LogP) is 3.35. The first-order valence-electron chi connectivity index (χ1n) is 6.12. The molecule has 5 heteroatoms. The minimum absolute atomic E-state index is 0.182. The lowest BCUT2D eigenvalue weighted by Gasteiger charge is -2.19. The Morgan fingerprint density at radius 3 is 2.65 bits per heavy atom. The Bertz CT molecular complexity index is 599. The van der Waals surface area contributed by atoms with Gasteiger partial charge in [-0.1, -0.05) is 29.8 Å². The highest BCUT2D eigenvalue weighted by Gasteiger charge is 2.19. The number of halogens is 2. The first kappa shape index (κ1) is 14.8. The van der Waals surface area contributed by atoms with Crippen LogP contribution >= 0.6 is 11.6 Å². The minimum atomic E-state index is -0.498. The third kappa shape index (κ3) is 2.93. The van der Waals surface area contributed by atoms with Crippen molar-refractivity contribution < 1.29 is 9.13 Å². The van der Waals surface area contributed by atoms with Gasteiger partial charge >= 0.3 is 0 Å². The lowest BCUT2D eigenvalue weighted by Crippen LogP contribution is -2.29. The molecule has 20 heavy (non-hydrogen) atoms. The number of hydrogen-bond donors (Lipinski definition) is 2. The van der Waals surface area contributed by atoms with Crippen molar-refractivity contribution in [3.05, 3.63) is 63.9 Å². The van der Waals surface area contributed by atoms with Crippen molar-refractivity contribution in [3.8, 4) is 5.75 Å². The molecule has 0 amide bonds. The van der Waals surface area contributed by atoms with Crippen LogP contribution in [-0.4, -0.2) is 7.11 Å². The topological polar surface area (TPSA) is 47.3 Å². The van der Waals surface area contributed by atoms with Crippen LogP contribution in [0.1, 0.15) is 22.7 Å². The maximum absolute atomic E-state index is 14.3. The molecule has 1 unspecified atom stereocenters. The lowest BCUT2D eigenvalue weighted by molar-refractivity contribution is 0.381. The summed E-state index contributed by atoms with van der Waals surface area (Å²) in [5, 5.41) is 0.587. The Labute approximate surface area is 122 Å². The highest BCUT2D eigenvalue weighted by molar-refractivity contribution is 6.30. The number of ether oxygens (including phenoxy) is 1. The van der Waals surface area contributed by atoms with E-state index in [4.69, 9.17) is 22.2 Å². The van der Waals surface area contributed by atoms with Gasteiger partial charge < -0.3 is 4.74 Å². The summed E-state index contributed by atoms with van der Waals surface area (Å²) >= 11 is 6.05. The number of rotatable bonds is 4. The fourth-order valence-corrected chi connectivity index (χ4v) is 2.50. The quantitative estimate of drug-likeness (QED) is 0.671. The fourth-order valence-electron chi connectivity index (χ4n) is 2.21. The van der Waals surface area contributed by atoms with E-state index in [1.807, 2.05) is 19.1 Å². The van der Waals surface area contributed by atoms with Crippen LogP contribution in [0, 0.1) is 12.7 Å². The van der Waals surface area contributed by atoms with Crippen LogP contribution in [0.5, 0.6) is 5.75 Å². The molecule has 0 aliphatic carbocycles. The standard InChI is InChI=1S/C15H16ClFN2O/c1-9-6-10(8-11(16)7-9)15(19-18)12-4-3-5-13(20-2)14(12)17/h3-8,15,19H,18H2,1-2H3. The number of aryl methyl sites for hydroxylation is 1. The molecule has 2 aromatic carbocycles. The van der Waals surface area contributed by atoms with Gasteiger partial charge in [-0.3, -0.25) is 5.84 Å². The molecule has 0 aromatic heterocycles. The maximum Gasteiger partial charge on any atom is 0.170 e. The third-order valence-corrected chi connectivity index (χ3v) is 3.31. The molecule has 3 nitrogen and oxygen atoms in total. The average Bonchev–Trinajstić information content (AvgIpc) is 2.40. The van der Waals surface area contributed by atoms with E-state index in [1.54, 1.807) is 24.3 Å². The number of methoxy groups -OCH3 is 1. The van der Waals surface area contributed by atoms with Crippen LogP contribution in [0.2, 0.25) is 5.02 Å². The van der Waals surface area contributed by atoms with Gasteiger partial charge in [-0.15, -0.1) is 0 Å². The van der Waals surface area contributed by atoms with E-state index in [0.29, 0.717) is 10.6 Å². The van der Waals surface area contributed by atoms with Gasteiger partial charge in [0.1, 0.15) is 0 Å². The SMILES string of the molecule is COc1cccc(C(NN)c2cc(C)cc(Cl)c2)c1F. The minimum Gasteiger partial charge on any atom is -0.494 e. The lowest BCUT2D eigenvalue weighted by atomic mass is 9.97. The van der Waals surface area contributed by atoms with E-state index < -0.39 is 11.9 Å². The van der Waals surface area contributed by atoms with Crippen LogP contribution < -0.4 is 16.0 Å². The Hall–Kier alpha value is -1.62. The smallest absolute Gasteiger partial charge is 0.170 e. The summed E-state index contributed by atoms with van der Waals surface area (Å²) in [7, 11) is 1.43. The fraction of sp³-hybridized carbons (Fsp3) is 0.200. The normalized spacial score (nSPS) is 12.2. The van der Waals surface area contributed by atoms with Gasteiger partial charge in [0.15, 0.2) is 11.6 Å². The van der Waals surface area contributed by atoms with Crippen molar-refractivity contribution in [1.29, 1.82) is 0 Å². The summed E-state index contributed by atoms with van der Waals surface area (Å²) in [4.78, 5) is 0. The number of nitrogens with two attached hydrogens (primary N) is 1. The van der Waals surface area contributed by atoms with Crippen LogP contribution in [0.4, 0.5) is 4.39 Å². The second-order valence-electron chi connectivity index (χ2n) is 4.53. The number of hydrogen-bond acceptors (Lipinski definition) is 3. The molecule has 0 fully saturated rings. The highest BCUT2D eigenvalue weighted by atomic mass is 35.5. The Morgan fingerprint density at radius 1 is 1.30 bits per heavy atom. The Balaban J connectivity index is 2.52. The van der Waals surface area contributed by atoms with E-state index >= 15 is 0 Å². The summed E-state index contributed by atoms with van der Waals surface area (Å²) in [5.74, 6) is 5.34. The zero-order chi connectivity index (χ0) is 14.7. The van der Waals surface area contributed by atoms with E-state index in [-0.39, 0.29) is 5.75 Å². The zero-order valence-corrected chi connectivity index (χ0v) is 12.0. The second-order valence-corrected chi connectivity index (χ2v) is 4.96. The molecule has 1 atom stereocenters. The van der Waals surface area contributed by atoms with E-state index in [9.17, 15) is 4.39 Å².